The minimum absolute atomic E-state index is 0.0990. The fourth-order valence-electron chi connectivity index (χ4n) is 4.41. The Labute approximate surface area is 252 Å². The lowest BCUT2D eigenvalue weighted by Crippen LogP contribution is -2.46. The first-order valence-corrected chi connectivity index (χ1v) is 14.2. The number of amides is 2. The van der Waals surface area contributed by atoms with Gasteiger partial charge in [0.2, 0.25) is 0 Å². The number of nitrogens with one attached hydrogen (secondary N) is 3. The Hall–Kier alpha value is -4.86. The molecule has 0 bridgehead atoms. The van der Waals surface area contributed by atoms with Gasteiger partial charge in [0.25, 0.3) is 11.5 Å². The summed E-state index contributed by atoms with van der Waals surface area (Å²) in [6, 6.07) is 20.7. The lowest BCUT2D eigenvalue weighted by Gasteiger charge is -2.25. The summed E-state index contributed by atoms with van der Waals surface area (Å²) in [4.78, 5) is 51.9. The molecule has 1 heterocycles. The molecule has 0 aliphatic carbocycles. The van der Waals surface area contributed by atoms with Crippen molar-refractivity contribution in [3.05, 3.63) is 118 Å². The molecular weight excluding hydrogens is 548 g/mol. The standard InChI is InChI=1S/C33H40N4O6/c1-6-42-32(41)35-23(2)34-21-13-20-27(31(40)43-33(3,4)5)36-29(38)26-19-14-22-37(30(26)39)28(24-15-9-7-10-16-24)25-17-11-8-12-18-25/h7-12,14-19,22,27-28,34H,2,6,13,20-21H2,1,3-5H3,(H,35,41)(H,36,38)/t27-/m0/s1. The van der Waals surface area contributed by atoms with Crippen LogP contribution in [0.3, 0.4) is 0 Å². The number of esters is 1. The number of hydrogen-bond donors (Lipinski definition) is 3. The highest BCUT2D eigenvalue weighted by molar-refractivity contribution is 5.96. The average molecular weight is 589 g/mol. The summed E-state index contributed by atoms with van der Waals surface area (Å²) in [6.45, 7) is 11.2. The molecule has 3 aromatic rings. The highest BCUT2D eigenvalue weighted by Crippen LogP contribution is 2.25. The fraction of sp³-hybridized carbons (Fsp3) is 0.333. The Morgan fingerprint density at radius 1 is 0.930 bits per heavy atom. The van der Waals surface area contributed by atoms with Crippen LogP contribution < -0.4 is 21.5 Å². The normalized spacial score (nSPS) is 11.7. The van der Waals surface area contributed by atoms with E-state index in [1.165, 1.54) is 10.6 Å². The molecule has 228 valence electrons. The fourth-order valence-corrected chi connectivity index (χ4v) is 4.41. The topological polar surface area (TPSA) is 128 Å². The highest BCUT2D eigenvalue weighted by atomic mass is 16.6. The number of carbonyl (C=O) groups is 3. The third-order valence-electron chi connectivity index (χ3n) is 6.26. The van der Waals surface area contributed by atoms with Crippen LogP contribution in [0.4, 0.5) is 4.79 Å². The molecule has 0 aliphatic heterocycles. The zero-order valence-electron chi connectivity index (χ0n) is 25.1. The van der Waals surface area contributed by atoms with Crippen molar-refractivity contribution >= 4 is 18.0 Å². The van der Waals surface area contributed by atoms with Crippen LogP contribution in [0.15, 0.2) is 96.2 Å². The Morgan fingerprint density at radius 2 is 1.53 bits per heavy atom. The predicted octanol–water partition coefficient (Wildman–Crippen LogP) is 4.51. The second kappa shape index (κ2) is 15.4. The van der Waals surface area contributed by atoms with Crippen LogP contribution >= 0.6 is 0 Å². The van der Waals surface area contributed by atoms with E-state index in [4.69, 9.17) is 9.47 Å². The number of alkyl carbamates (subject to hydrolysis) is 1. The Bertz CT molecular complexity index is 1410. The van der Waals surface area contributed by atoms with Crippen molar-refractivity contribution in [2.75, 3.05) is 13.2 Å². The van der Waals surface area contributed by atoms with Crippen molar-refractivity contribution in [2.45, 2.75) is 58.2 Å². The molecule has 0 saturated carbocycles. The molecule has 0 spiro atoms. The molecule has 3 N–H and O–H groups in total. The summed E-state index contributed by atoms with van der Waals surface area (Å²) >= 11 is 0. The van der Waals surface area contributed by atoms with E-state index in [0.717, 1.165) is 11.1 Å². The van der Waals surface area contributed by atoms with Gasteiger partial charge in [-0.2, -0.15) is 0 Å². The van der Waals surface area contributed by atoms with E-state index < -0.39 is 41.2 Å². The third kappa shape index (κ3) is 9.88. The summed E-state index contributed by atoms with van der Waals surface area (Å²) in [5.74, 6) is -1.06. The van der Waals surface area contributed by atoms with E-state index in [1.807, 2.05) is 60.7 Å². The molecule has 0 fully saturated rings. The molecule has 43 heavy (non-hydrogen) atoms. The molecule has 1 atom stereocenters. The zero-order chi connectivity index (χ0) is 31.4. The van der Waals surface area contributed by atoms with Gasteiger partial charge in [-0.15, -0.1) is 0 Å². The molecule has 10 heteroatoms. The maximum absolute atomic E-state index is 13.8. The first kappa shape index (κ1) is 32.7. The van der Waals surface area contributed by atoms with E-state index in [2.05, 4.69) is 22.5 Å². The molecule has 2 aromatic carbocycles. The number of aromatic nitrogens is 1. The molecule has 2 amide bonds. The molecule has 0 radical (unpaired) electrons. The summed E-state index contributed by atoms with van der Waals surface area (Å²) in [5, 5.41) is 8.10. The zero-order valence-corrected chi connectivity index (χ0v) is 25.1. The molecule has 0 aliphatic rings. The van der Waals surface area contributed by atoms with Crippen molar-refractivity contribution in [3.63, 3.8) is 0 Å². The van der Waals surface area contributed by atoms with E-state index in [-0.39, 0.29) is 24.4 Å². The molecule has 0 unspecified atom stereocenters. The number of pyridine rings is 1. The monoisotopic (exact) mass is 588 g/mol. The molecule has 3 rings (SSSR count). The second-order valence-electron chi connectivity index (χ2n) is 10.8. The second-order valence-corrected chi connectivity index (χ2v) is 10.8. The van der Waals surface area contributed by atoms with Crippen molar-refractivity contribution in [1.82, 2.24) is 20.5 Å². The van der Waals surface area contributed by atoms with E-state index in [9.17, 15) is 19.2 Å². The van der Waals surface area contributed by atoms with Gasteiger partial charge < -0.3 is 24.7 Å². The van der Waals surface area contributed by atoms with Gasteiger partial charge >= 0.3 is 12.1 Å². The molecular formula is C33H40N4O6. The highest BCUT2D eigenvalue weighted by Gasteiger charge is 2.28. The summed E-state index contributed by atoms with van der Waals surface area (Å²) < 4.78 is 11.9. The minimum Gasteiger partial charge on any atom is -0.458 e. The lowest BCUT2D eigenvalue weighted by molar-refractivity contribution is -0.157. The summed E-state index contributed by atoms with van der Waals surface area (Å²) in [6.07, 6.45) is 1.64. The van der Waals surface area contributed by atoms with Crippen LogP contribution in [0.5, 0.6) is 0 Å². The van der Waals surface area contributed by atoms with Crippen LogP contribution in [0.2, 0.25) is 0 Å². The molecule has 10 nitrogen and oxygen atoms in total. The quantitative estimate of drug-likeness (QED) is 0.198. The van der Waals surface area contributed by atoms with Crippen molar-refractivity contribution in [2.24, 2.45) is 0 Å². The Kier molecular flexibility index (Phi) is 11.7. The van der Waals surface area contributed by atoms with Gasteiger partial charge in [-0.1, -0.05) is 67.2 Å². The van der Waals surface area contributed by atoms with Crippen LogP contribution in [-0.4, -0.2) is 47.3 Å². The SMILES string of the molecule is C=C(NCCC[C@H](NC(=O)c1cccn(C(c2ccccc2)c2ccccc2)c1=O)C(=O)OC(C)(C)C)NC(=O)OCC. The summed E-state index contributed by atoms with van der Waals surface area (Å²) in [7, 11) is 0. The largest absolute Gasteiger partial charge is 0.458 e. The first-order chi connectivity index (χ1) is 20.5. The number of nitrogens with zero attached hydrogens (tertiary/aromatic N) is 1. The van der Waals surface area contributed by atoms with Crippen LogP contribution in [0.25, 0.3) is 0 Å². The maximum Gasteiger partial charge on any atom is 0.412 e. The van der Waals surface area contributed by atoms with Crippen LogP contribution in [-0.2, 0) is 14.3 Å². The van der Waals surface area contributed by atoms with E-state index in [1.54, 1.807) is 40.0 Å². The Morgan fingerprint density at radius 3 is 2.09 bits per heavy atom. The van der Waals surface area contributed by atoms with Crippen LogP contribution in [0, 0.1) is 0 Å². The number of benzene rings is 2. The van der Waals surface area contributed by atoms with Gasteiger partial charge in [0.05, 0.1) is 12.6 Å². The minimum atomic E-state index is -1.02. The third-order valence-corrected chi connectivity index (χ3v) is 6.26. The van der Waals surface area contributed by atoms with Gasteiger partial charge in [-0.3, -0.25) is 14.9 Å². The average Bonchev–Trinajstić information content (AvgIpc) is 2.96. The van der Waals surface area contributed by atoms with Gasteiger partial charge in [0.1, 0.15) is 23.0 Å². The number of ether oxygens (including phenoxy) is 2. The first-order valence-electron chi connectivity index (χ1n) is 14.2. The number of rotatable bonds is 13. The predicted molar refractivity (Wildman–Crippen MR) is 164 cm³/mol. The van der Waals surface area contributed by atoms with Crippen LogP contribution in [0.1, 0.15) is 68.1 Å². The van der Waals surface area contributed by atoms with Crippen molar-refractivity contribution in [3.8, 4) is 0 Å². The smallest absolute Gasteiger partial charge is 0.412 e. The maximum atomic E-state index is 13.8. The molecule has 0 saturated heterocycles. The van der Waals surface area contributed by atoms with Gasteiger partial charge in [-0.25, -0.2) is 9.59 Å². The number of hydrogen-bond acceptors (Lipinski definition) is 7. The van der Waals surface area contributed by atoms with E-state index in [0.29, 0.717) is 13.0 Å². The molecule has 1 aromatic heterocycles. The van der Waals surface area contributed by atoms with E-state index >= 15 is 0 Å². The van der Waals surface area contributed by atoms with Gasteiger partial charge in [0, 0.05) is 12.7 Å². The lowest BCUT2D eigenvalue weighted by atomic mass is 9.98. The summed E-state index contributed by atoms with van der Waals surface area (Å²) in [5.41, 5.74) is 0.383. The van der Waals surface area contributed by atoms with Gasteiger partial charge in [-0.05, 0) is 63.8 Å². The number of carbonyl (C=O) groups excluding carboxylic acids is 3. The van der Waals surface area contributed by atoms with Crippen molar-refractivity contribution < 1.29 is 23.9 Å². The van der Waals surface area contributed by atoms with Gasteiger partial charge in [0.15, 0.2) is 0 Å². The van der Waals surface area contributed by atoms with Crippen molar-refractivity contribution in [1.29, 1.82) is 0 Å². The Balaban J connectivity index is 1.81.